The molecule has 0 spiro atoms. The number of fused-ring (bicyclic) bond motifs is 1. The van der Waals surface area contributed by atoms with Crippen molar-refractivity contribution in [2.75, 3.05) is 19.1 Å². The van der Waals surface area contributed by atoms with Crippen LogP contribution >= 0.6 is 11.6 Å². The fourth-order valence-corrected chi connectivity index (χ4v) is 1.93. The van der Waals surface area contributed by atoms with E-state index >= 15 is 0 Å². The van der Waals surface area contributed by atoms with Crippen molar-refractivity contribution in [1.82, 2.24) is 9.66 Å². The highest BCUT2D eigenvalue weighted by Gasteiger charge is 2.15. The van der Waals surface area contributed by atoms with Gasteiger partial charge in [0.15, 0.2) is 0 Å². The van der Waals surface area contributed by atoms with Gasteiger partial charge in [-0.1, -0.05) is 12.1 Å². The quantitative estimate of drug-likeness (QED) is 0.765. The second kappa shape index (κ2) is 4.37. The maximum atomic E-state index is 12.3. The molecule has 0 saturated carbocycles. The van der Waals surface area contributed by atoms with Crippen LogP contribution in [0.2, 0.25) is 0 Å². The van der Waals surface area contributed by atoms with E-state index in [4.69, 9.17) is 11.6 Å². The molecule has 0 aliphatic heterocycles. The Morgan fingerprint density at radius 2 is 2.00 bits per heavy atom. The molecule has 17 heavy (non-hydrogen) atoms. The maximum Gasteiger partial charge on any atom is 0.280 e. The molecule has 2 aromatic rings. The van der Waals surface area contributed by atoms with Gasteiger partial charge in [-0.2, -0.15) is 0 Å². The van der Waals surface area contributed by atoms with Crippen molar-refractivity contribution in [3.63, 3.8) is 0 Å². The molecule has 0 fully saturated rings. The average molecular weight is 252 g/mol. The number of rotatable bonds is 2. The van der Waals surface area contributed by atoms with Crippen molar-refractivity contribution in [1.29, 1.82) is 0 Å². The van der Waals surface area contributed by atoms with Gasteiger partial charge in [-0.3, -0.25) is 4.79 Å². The van der Waals surface area contributed by atoms with Crippen LogP contribution in [0, 0.1) is 0 Å². The Hall–Kier alpha value is -1.55. The lowest BCUT2D eigenvalue weighted by Crippen LogP contribution is -2.39. The molecule has 0 amide bonds. The van der Waals surface area contributed by atoms with E-state index in [2.05, 4.69) is 4.98 Å². The standard InChI is InChI=1S/C12H14ClN3O/c1-8(13)11-14-10-7-5-4-6-9(10)12(17)16(11)15(2)3/h4-8H,1-3H3. The van der Waals surface area contributed by atoms with Gasteiger partial charge in [0.25, 0.3) is 5.56 Å². The minimum Gasteiger partial charge on any atom is -0.314 e. The first-order valence-corrected chi connectivity index (χ1v) is 5.79. The highest BCUT2D eigenvalue weighted by molar-refractivity contribution is 6.20. The molecule has 1 aromatic carbocycles. The van der Waals surface area contributed by atoms with E-state index < -0.39 is 0 Å². The predicted molar refractivity (Wildman–Crippen MR) is 70.3 cm³/mol. The van der Waals surface area contributed by atoms with Crippen LogP contribution in [-0.2, 0) is 0 Å². The molecule has 0 saturated heterocycles. The molecule has 1 aromatic heterocycles. The summed E-state index contributed by atoms with van der Waals surface area (Å²) in [6, 6.07) is 7.28. The molecular formula is C12H14ClN3O. The van der Waals surface area contributed by atoms with Crippen molar-refractivity contribution < 1.29 is 0 Å². The molecule has 5 heteroatoms. The van der Waals surface area contributed by atoms with Gasteiger partial charge in [0, 0.05) is 14.1 Å². The highest BCUT2D eigenvalue weighted by Crippen LogP contribution is 2.18. The summed E-state index contributed by atoms with van der Waals surface area (Å²) in [5.74, 6) is 0.556. The largest absolute Gasteiger partial charge is 0.314 e. The molecule has 0 aliphatic carbocycles. The molecule has 4 nitrogen and oxygen atoms in total. The zero-order chi connectivity index (χ0) is 12.6. The Balaban J connectivity index is 2.89. The van der Waals surface area contributed by atoms with Crippen LogP contribution in [0.5, 0.6) is 0 Å². The zero-order valence-electron chi connectivity index (χ0n) is 10.0. The van der Waals surface area contributed by atoms with Crippen LogP contribution in [0.15, 0.2) is 29.1 Å². The lowest BCUT2D eigenvalue weighted by molar-refractivity contribution is 0.638. The van der Waals surface area contributed by atoms with Crippen LogP contribution in [0.3, 0.4) is 0 Å². The lowest BCUT2D eigenvalue weighted by Gasteiger charge is -2.21. The van der Waals surface area contributed by atoms with Crippen molar-refractivity contribution >= 4 is 22.5 Å². The van der Waals surface area contributed by atoms with Crippen molar-refractivity contribution in [2.24, 2.45) is 0 Å². The Kier molecular flexibility index (Phi) is 3.07. The fourth-order valence-electron chi connectivity index (χ4n) is 1.78. The number of benzene rings is 1. The van der Waals surface area contributed by atoms with Gasteiger partial charge in [-0.25, -0.2) is 9.66 Å². The number of nitrogens with zero attached hydrogens (tertiary/aromatic N) is 3. The Morgan fingerprint density at radius 3 is 2.59 bits per heavy atom. The van der Waals surface area contributed by atoms with E-state index in [1.54, 1.807) is 32.1 Å². The first-order valence-electron chi connectivity index (χ1n) is 5.35. The molecule has 1 unspecified atom stereocenters. The van der Waals surface area contributed by atoms with E-state index in [1.807, 2.05) is 18.2 Å². The van der Waals surface area contributed by atoms with Gasteiger partial charge in [0.1, 0.15) is 5.82 Å². The minimum atomic E-state index is -0.324. The summed E-state index contributed by atoms with van der Waals surface area (Å²) in [6.45, 7) is 1.80. The minimum absolute atomic E-state index is 0.0944. The number of alkyl halides is 1. The maximum absolute atomic E-state index is 12.3. The van der Waals surface area contributed by atoms with Crippen LogP contribution in [0.1, 0.15) is 18.1 Å². The highest BCUT2D eigenvalue weighted by atomic mass is 35.5. The number of aromatic nitrogens is 2. The number of hydrogen-bond acceptors (Lipinski definition) is 3. The molecule has 1 heterocycles. The third kappa shape index (κ3) is 2.00. The summed E-state index contributed by atoms with van der Waals surface area (Å²) in [6.07, 6.45) is 0. The van der Waals surface area contributed by atoms with Gasteiger partial charge >= 0.3 is 0 Å². The molecule has 0 radical (unpaired) electrons. The topological polar surface area (TPSA) is 38.1 Å². The van der Waals surface area contributed by atoms with E-state index in [1.165, 1.54) is 4.68 Å². The monoisotopic (exact) mass is 251 g/mol. The Morgan fingerprint density at radius 1 is 1.35 bits per heavy atom. The van der Waals surface area contributed by atoms with Crippen LogP contribution in [0.4, 0.5) is 0 Å². The first kappa shape index (κ1) is 11.9. The zero-order valence-corrected chi connectivity index (χ0v) is 10.8. The molecule has 0 bridgehead atoms. The van der Waals surface area contributed by atoms with Crippen LogP contribution in [0.25, 0.3) is 10.9 Å². The van der Waals surface area contributed by atoms with E-state index in [9.17, 15) is 4.79 Å². The summed E-state index contributed by atoms with van der Waals surface area (Å²) in [7, 11) is 3.58. The molecule has 0 aliphatic rings. The lowest BCUT2D eigenvalue weighted by atomic mass is 10.2. The van der Waals surface area contributed by atoms with Crippen molar-refractivity contribution in [3.8, 4) is 0 Å². The molecular weight excluding hydrogens is 238 g/mol. The summed E-state index contributed by atoms with van der Waals surface area (Å²) < 4.78 is 1.50. The average Bonchev–Trinajstić information content (AvgIpc) is 2.28. The molecule has 0 N–H and O–H groups in total. The number of para-hydroxylation sites is 1. The van der Waals surface area contributed by atoms with Crippen molar-refractivity contribution in [2.45, 2.75) is 12.3 Å². The molecule has 1 atom stereocenters. The van der Waals surface area contributed by atoms with Gasteiger partial charge in [-0.15, -0.1) is 11.6 Å². The molecule has 2 rings (SSSR count). The van der Waals surface area contributed by atoms with Crippen LogP contribution < -0.4 is 10.6 Å². The SMILES string of the molecule is CC(Cl)c1nc2ccccc2c(=O)n1N(C)C. The molecule has 90 valence electrons. The summed E-state index contributed by atoms with van der Waals surface area (Å²) >= 11 is 6.08. The second-order valence-electron chi connectivity index (χ2n) is 4.07. The Labute approximate surface area is 104 Å². The second-order valence-corrected chi connectivity index (χ2v) is 4.72. The number of halogens is 1. The van der Waals surface area contributed by atoms with Gasteiger partial charge in [0.2, 0.25) is 0 Å². The van der Waals surface area contributed by atoms with Gasteiger partial charge in [0.05, 0.1) is 16.3 Å². The third-order valence-corrected chi connectivity index (χ3v) is 2.73. The third-order valence-electron chi connectivity index (χ3n) is 2.53. The van der Waals surface area contributed by atoms with Crippen LogP contribution in [-0.4, -0.2) is 23.8 Å². The Bertz CT molecular complexity index is 604. The summed E-state index contributed by atoms with van der Waals surface area (Å²) in [5.41, 5.74) is 0.584. The van der Waals surface area contributed by atoms with E-state index in [-0.39, 0.29) is 10.9 Å². The van der Waals surface area contributed by atoms with E-state index in [0.717, 1.165) is 0 Å². The van der Waals surface area contributed by atoms with E-state index in [0.29, 0.717) is 16.7 Å². The van der Waals surface area contributed by atoms with Gasteiger partial charge < -0.3 is 5.01 Å². The smallest absolute Gasteiger partial charge is 0.280 e. The van der Waals surface area contributed by atoms with Crippen molar-refractivity contribution in [3.05, 3.63) is 40.4 Å². The first-order chi connectivity index (χ1) is 8.02. The fraction of sp³-hybridized carbons (Fsp3) is 0.333. The predicted octanol–water partition coefficient (Wildman–Crippen LogP) is 1.89. The normalized spacial score (nSPS) is 12.7. The number of hydrogen-bond donors (Lipinski definition) is 0. The summed E-state index contributed by atoms with van der Waals surface area (Å²) in [4.78, 5) is 16.8. The van der Waals surface area contributed by atoms with Gasteiger partial charge in [-0.05, 0) is 19.1 Å². The summed E-state index contributed by atoms with van der Waals surface area (Å²) in [5, 5.41) is 1.97.